The fourth-order valence-corrected chi connectivity index (χ4v) is 3.48. The molecule has 1 amide bonds. The zero-order valence-corrected chi connectivity index (χ0v) is 18.6. The average molecular weight is 422 g/mol. The Hall–Kier alpha value is -2.74. The lowest BCUT2D eigenvalue weighted by Gasteiger charge is -2.19. The summed E-state index contributed by atoms with van der Waals surface area (Å²) in [5.74, 6) is 0.572. The van der Waals surface area contributed by atoms with Crippen molar-refractivity contribution < 1.29 is 28.5 Å². The number of hydrogen-bond donors (Lipinski definition) is 1. The van der Waals surface area contributed by atoms with Gasteiger partial charge in [-0.2, -0.15) is 0 Å². The Morgan fingerprint density at radius 1 is 1.07 bits per heavy atom. The van der Waals surface area contributed by atoms with Gasteiger partial charge in [0.2, 0.25) is 0 Å². The molecule has 0 aliphatic carbocycles. The molecule has 2 rings (SSSR count). The molecule has 29 heavy (non-hydrogen) atoms. The SMILES string of the molecule is COc1ccc(-c2csc(NC(=O)OC(C)(C)C)c2C(=O)OC(C)C)cc1OC. The number of rotatable bonds is 6. The van der Waals surface area contributed by atoms with E-state index in [9.17, 15) is 9.59 Å². The number of hydrogen-bond acceptors (Lipinski definition) is 7. The van der Waals surface area contributed by atoms with Gasteiger partial charge in [-0.25, -0.2) is 9.59 Å². The number of carbonyl (C=O) groups excluding carboxylic acids is 2. The van der Waals surface area contributed by atoms with Crippen molar-refractivity contribution in [1.29, 1.82) is 0 Å². The van der Waals surface area contributed by atoms with Gasteiger partial charge in [-0.1, -0.05) is 6.07 Å². The van der Waals surface area contributed by atoms with Crippen LogP contribution in [0, 0.1) is 0 Å². The largest absolute Gasteiger partial charge is 0.493 e. The maximum atomic E-state index is 12.8. The fourth-order valence-electron chi connectivity index (χ4n) is 2.54. The first-order valence-corrected chi connectivity index (χ1v) is 9.98. The summed E-state index contributed by atoms with van der Waals surface area (Å²) in [5.41, 5.74) is 0.952. The third kappa shape index (κ3) is 5.87. The van der Waals surface area contributed by atoms with Crippen molar-refractivity contribution in [2.45, 2.75) is 46.3 Å². The minimum absolute atomic E-state index is 0.266. The van der Waals surface area contributed by atoms with E-state index in [-0.39, 0.29) is 11.7 Å². The van der Waals surface area contributed by atoms with Gasteiger partial charge in [0.05, 0.1) is 20.3 Å². The molecule has 2 aromatic rings. The van der Waals surface area contributed by atoms with Crippen molar-refractivity contribution in [2.75, 3.05) is 19.5 Å². The molecule has 0 aliphatic heterocycles. The van der Waals surface area contributed by atoms with Gasteiger partial charge >= 0.3 is 12.1 Å². The lowest BCUT2D eigenvalue weighted by molar-refractivity contribution is 0.0380. The molecule has 0 spiro atoms. The highest BCUT2D eigenvalue weighted by Gasteiger charge is 2.26. The second kappa shape index (κ2) is 9.17. The van der Waals surface area contributed by atoms with Crippen molar-refractivity contribution in [2.24, 2.45) is 0 Å². The normalized spacial score (nSPS) is 11.2. The Balaban J connectivity index is 2.49. The number of anilines is 1. The minimum Gasteiger partial charge on any atom is -0.493 e. The standard InChI is InChI=1S/C21H27NO6S/c1-12(2)27-19(23)17-14(13-8-9-15(25-6)16(10-13)26-7)11-29-18(17)22-20(24)28-21(3,4)5/h8-12H,1-7H3,(H,22,24). The number of nitrogens with one attached hydrogen (secondary N) is 1. The number of benzene rings is 1. The lowest BCUT2D eigenvalue weighted by atomic mass is 10.0. The van der Waals surface area contributed by atoms with Crippen LogP contribution in [0.15, 0.2) is 23.6 Å². The third-order valence-electron chi connectivity index (χ3n) is 3.65. The topological polar surface area (TPSA) is 83.1 Å². The van der Waals surface area contributed by atoms with Crippen molar-refractivity contribution >= 4 is 28.4 Å². The zero-order valence-electron chi connectivity index (χ0n) is 17.7. The predicted molar refractivity (Wildman–Crippen MR) is 113 cm³/mol. The highest BCUT2D eigenvalue weighted by atomic mass is 32.1. The van der Waals surface area contributed by atoms with Gasteiger partial charge in [0, 0.05) is 10.9 Å². The van der Waals surface area contributed by atoms with E-state index in [0.717, 1.165) is 5.56 Å². The Morgan fingerprint density at radius 3 is 2.28 bits per heavy atom. The Kier molecular flexibility index (Phi) is 7.13. The summed E-state index contributed by atoms with van der Waals surface area (Å²) in [6, 6.07) is 5.33. The maximum absolute atomic E-state index is 12.8. The molecule has 1 aromatic heterocycles. The van der Waals surface area contributed by atoms with Crippen LogP contribution in [0.2, 0.25) is 0 Å². The molecule has 0 aliphatic rings. The van der Waals surface area contributed by atoms with E-state index in [1.807, 2.05) is 6.07 Å². The molecule has 0 radical (unpaired) electrons. The van der Waals surface area contributed by atoms with Gasteiger partial charge in [-0.05, 0) is 52.3 Å². The summed E-state index contributed by atoms with van der Waals surface area (Å²) in [6.45, 7) is 8.83. The van der Waals surface area contributed by atoms with Crippen molar-refractivity contribution in [3.05, 3.63) is 29.1 Å². The summed E-state index contributed by atoms with van der Waals surface area (Å²) in [6.07, 6.45) is -0.952. The molecule has 0 fully saturated rings. The molecule has 0 saturated heterocycles. The minimum atomic E-state index is -0.661. The monoisotopic (exact) mass is 421 g/mol. The molecular formula is C21H27NO6S. The quantitative estimate of drug-likeness (QED) is 0.634. The number of carbonyl (C=O) groups is 2. The second-order valence-electron chi connectivity index (χ2n) is 7.50. The van der Waals surface area contributed by atoms with E-state index in [1.165, 1.54) is 11.3 Å². The van der Waals surface area contributed by atoms with Crippen LogP contribution in [-0.4, -0.2) is 38.0 Å². The van der Waals surface area contributed by atoms with Gasteiger partial charge in [0.25, 0.3) is 0 Å². The van der Waals surface area contributed by atoms with E-state index in [1.54, 1.807) is 66.4 Å². The van der Waals surface area contributed by atoms with E-state index in [0.29, 0.717) is 22.1 Å². The van der Waals surface area contributed by atoms with Crippen molar-refractivity contribution in [1.82, 2.24) is 0 Å². The summed E-state index contributed by atoms with van der Waals surface area (Å²) in [4.78, 5) is 25.1. The fraction of sp³-hybridized carbons (Fsp3) is 0.429. The molecule has 7 nitrogen and oxygen atoms in total. The molecule has 0 saturated carbocycles. The number of ether oxygens (including phenoxy) is 4. The first-order valence-electron chi connectivity index (χ1n) is 9.10. The van der Waals surface area contributed by atoms with Crippen molar-refractivity contribution in [3.8, 4) is 22.6 Å². The van der Waals surface area contributed by atoms with Crippen LogP contribution in [0.4, 0.5) is 9.80 Å². The maximum Gasteiger partial charge on any atom is 0.412 e. The summed E-state index contributed by atoms with van der Waals surface area (Å²) >= 11 is 1.22. The van der Waals surface area contributed by atoms with Crippen LogP contribution in [-0.2, 0) is 9.47 Å². The van der Waals surface area contributed by atoms with Gasteiger partial charge in [0.1, 0.15) is 16.2 Å². The second-order valence-corrected chi connectivity index (χ2v) is 8.38. The smallest absolute Gasteiger partial charge is 0.412 e. The van der Waals surface area contributed by atoms with E-state index >= 15 is 0 Å². The molecular weight excluding hydrogens is 394 g/mol. The van der Waals surface area contributed by atoms with Crippen LogP contribution < -0.4 is 14.8 Å². The average Bonchev–Trinajstić information content (AvgIpc) is 3.02. The lowest BCUT2D eigenvalue weighted by Crippen LogP contribution is -2.27. The van der Waals surface area contributed by atoms with Crippen molar-refractivity contribution in [3.63, 3.8) is 0 Å². The molecule has 1 N–H and O–H groups in total. The Labute approximate surface area is 174 Å². The predicted octanol–water partition coefficient (Wildman–Crippen LogP) is 5.34. The summed E-state index contributed by atoms with van der Waals surface area (Å²) in [7, 11) is 3.09. The highest BCUT2D eigenvalue weighted by Crippen LogP contribution is 2.40. The van der Waals surface area contributed by atoms with Gasteiger partial charge < -0.3 is 18.9 Å². The van der Waals surface area contributed by atoms with Gasteiger partial charge in [-0.15, -0.1) is 11.3 Å². The molecule has 1 heterocycles. The first-order chi connectivity index (χ1) is 13.6. The number of methoxy groups -OCH3 is 2. The number of thiophene rings is 1. The molecule has 0 bridgehead atoms. The van der Waals surface area contributed by atoms with Crippen LogP contribution >= 0.6 is 11.3 Å². The third-order valence-corrected chi connectivity index (χ3v) is 4.54. The molecule has 0 unspecified atom stereocenters. The Morgan fingerprint density at radius 2 is 1.72 bits per heavy atom. The van der Waals surface area contributed by atoms with E-state index in [2.05, 4.69) is 5.32 Å². The highest BCUT2D eigenvalue weighted by molar-refractivity contribution is 7.15. The molecule has 8 heteroatoms. The van der Waals surface area contributed by atoms with Crippen LogP contribution in [0.1, 0.15) is 45.0 Å². The summed E-state index contributed by atoms with van der Waals surface area (Å²) in [5, 5.41) is 4.80. The number of amides is 1. The zero-order chi connectivity index (χ0) is 21.8. The van der Waals surface area contributed by atoms with Gasteiger partial charge in [0.15, 0.2) is 11.5 Å². The molecule has 158 valence electrons. The van der Waals surface area contributed by atoms with Gasteiger partial charge in [-0.3, -0.25) is 5.32 Å². The Bertz CT molecular complexity index is 882. The van der Waals surface area contributed by atoms with Crippen LogP contribution in [0.5, 0.6) is 11.5 Å². The van der Waals surface area contributed by atoms with E-state index < -0.39 is 17.7 Å². The number of esters is 1. The molecule has 1 aromatic carbocycles. The molecule has 0 atom stereocenters. The van der Waals surface area contributed by atoms with Crippen LogP contribution in [0.3, 0.4) is 0 Å². The first kappa shape index (κ1) is 22.5. The van der Waals surface area contributed by atoms with Crippen LogP contribution in [0.25, 0.3) is 11.1 Å². The summed E-state index contributed by atoms with van der Waals surface area (Å²) < 4.78 is 21.3. The van der Waals surface area contributed by atoms with E-state index in [4.69, 9.17) is 18.9 Å².